The lowest BCUT2D eigenvalue weighted by atomic mass is 10.2. The van der Waals surface area contributed by atoms with E-state index in [-0.39, 0.29) is 4.90 Å². The SMILES string of the molecule is [N-]=[N+]=NS(=O)(=O)c1ccc(C=CBr)cc1. The largest absolute Gasteiger partial charge is 0.264 e. The zero-order valence-corrected chi connectivity index (χ0v) is 9.81. The van der Waals surface area contributed by atoms with Gasteiger partial charge >= 0.3 is 0 Å². The van der Waals surface area contributed by atoms with Gasteiger partial charge in [0.15, 0.2) is 0 Å². The van der Waals surface area contributed by atoms with Crippen molar-refractivity contribution in [3.05, 3.63) is 45.3 Å². The van der Waals surface area contributed by atoms with E-state index in [0.29, 0.717) is 0 Å². The van der Waals surface area contributed by atoms with E-state index in [1.54, 1.807) is 23.2 Å². The minimum Gasteiger partial charge on any atom is -0.216 e. The quantitative estimate of drug-likeness (QED) is 0.486. The molecule has 0 aromatic heterocycles. The van der Waals surface area contributed by atoms with E-state index in [0.717, 1.165) is 5.56 Å². The molecule has 0 amide bonds. The summed E-state index contributed by atoms with van der Waals surface area (Å²) in [7, 11) is -3.87. The molecule has 1 aromatic rings. The van der Waals surface area contributed by atoms with E-state index in [2.05, 4.69) is 25.4 Å². The molecule has 0 unspecified atom stereocenters. The predicted molar refractivity (Wildman–Crippen MR) is 60.7 cm³/mol. The van der Waals surface area contributed by atoms with Gasteiger partial charge in [-0.25, -0.2) is 8.42 Å². The molecule has 0 bridgehead atoms. The summed E-state index contributed by atoms with van der Waals surface area (Å²) in [4.78, 5) is 3.89. The highest BCUT2D eigenvalue weighted by atomic mass is 79.9. The monoisotopic (exact) mass is 287 g/mol. The normalized spacial score (nSPS) is 11.3. The lowest BCUT2D eigenvalue weighted by Gasteiger charge is -1.97. The van der Waals surface area contributed by atoms with Crippen molar-refractivity contribution in [3.8, 4) is 0 Å². The van der Waals surface area contributed by atoms with Gasteiger partial charge in [-0.1, -0.05) is 28.1 Å². The fourth-order valence-electron chi connectivity index (χ4n) is 0.919. The zero-order valence-electron chi connectivity index (χ0n) is 7.41. The second-order valence-electron chi connectivity index (χ2n) is 2.51. The molecule has 0 saturated heterocycles. The topological polar surface area (TPSA) is 82.9 Å². The van der Waals surface area contributed by atoms with Crippen molar-refractivity contribution in [1.82, 2.24) is 0 Å². The lowest BCUT2D eigenvalue weighted by molar-refractivity contribution is 0.597. The minimum absolute atomic E-state index is 0.0213. The van der Waals surface area contributed by atoms with E-state index < -0.39 is 10.0 Å². The molecular weight excluding hydrogens is 282 g/mol. The Morgan fingerprint density at radius 2 is 1.93 bits per heavy atom. The van der Waals surface area contributed by atoms with Gasteiger partial charge in [-0.2, -0.15) is 0 Å². The summed E-state index contributed by atoms with van der Waals surface area (Å²) in [5, 5.41) is 0. The number of azide groups is 1. The molecular formula is C8H6BrN3O2S. The van der Waals surface area contributed by atoms with Crippen LogP contribution in [-0.4, -0.2) is 8.42 Å². The zero-order chi connectivity index (χ0) is 11.3. The molecule has 7 heteroatoms. The minimum atomic E-state index is -3.87. The Kier molecular flexibility index (Phi) is 3.90. The third-order valence-corrected chi connectivity index (χ3v) is 3.00. The van der Waals surface area contributed by atoms with Crippen LogP contribution in [0.15, 0.2) is 38.7 Å². The Balaban J connectivity index is 3.15. The fraction of sp³-hybridized carbons (Fsp3) is 0. The average Bonchev–Trinajstić information content (AvgIpc) is 2.19. The Morgan fingerprint density at radius 3 is 2.40 bits per heavy atom. The van der Waals surface area contributed by atoms with Crippen LogP contribution in [0, 0.1) is 0 Å². The van der Waals surface area contributed by atoms with Crippen molar-refractivity contribution in [2.24, 2.45) is 4.52 Å². The van der Waals surface area contributed by atoms with E-state index in [4.69, 9.17) is 5.53 Å². The maximum Gasteiger partial charge on any atom is 0.264 e. The molecule has 0 N–H and O–H groups in total. The molecule has 0 fully saturated rings. The van der Waals surface area contributed by atoms with Gasteiger partial charge in [0.2, 0.25) is 0 Å². The van der Waals surface area contributed by atoms with Crippen LogP contribution >= 0.6 is 15.9 Å². The molecule has 0 aliphatic carbocycles. The van der Waals surface area contributed by atoms with Gasteiger partial charge in [0.1, 0.15) is 0 Å². The van der Waals surface area contributed by atoms with Crippen LogP contribution in [0.5, 0.6) is 0 Å². The first-order valence-corrected chi connectivity index (χ1v) is 6.14. The van der Waals surface area contributed by atoms with E-state index in [9.17, 15) is 8.42 Å². The molecule has 1 aromatic carbocycles. The van der Waals surface area contributed by atoms with E-state index in [1.165, 1.54) is 12.1 Å². The molecule has 5 nitrogen and oxygen atoms in total. The molecule has 0 aliphatic heterocycles. The summed E-state index contributed by atoms with van der Waals surface area (Å²) in [6, 6.07) is 5.98. The molecule has 1 rings (SSSR count). The predicted octanol–water partition coefficient (Wildman–Crippen LogP) is 3.05. The Labute approximate surface area is 95.2 Å². The number of sulfonamides is 1. The highest BCUT2D eigenvalue weighted by molar-refractivity contribution is 9.11. The van der Waals surface area contributed by atoms with Gasteiger partial charge in [-0.15, -0.1) is 0 Å². The van der Waals surface area contributed by atoms with Crippen LogP contribution in [0.2, 0.25) is 0 Å². The van der Waals surface area contributed by atoms with Gasteiger partial charge in [-0.3, -0.25) is 0 Å². The maximum absolute atomic E-state index is 11.3. The van der Waals surface area contributed by atoms with Crippen LogP contribution in [0.25, 0.3) is 16.5 Å². The standard InChI is InChI=1S/C8H6BrN3O2S/c9-6-5-7-1-3-8(4-2-7)15(13,14)12-11-10/h1-6H. The summed E-state index contributed by atoms with van der Waals surface area (Å²) in [6.45, 7) is 0. The smallest absolute Gasteiger partial charge is 0.216 e. The number of nitrogens with zero attached hydrogens (tertiary/aromatic N) is 3. The molecule has 0 saturated carbocycles. The number of rotatable bonds is 3. The van der Waals surface area contributed by atoms with Crippen molar-refractivity contribution >= 4 is 32.0 Å². The van der Waals surface area contributed by atoms with Crippen molar-refractivity contribution in [1.29, 1.82) is 0 Å². The van der Waals surface area contributed by atoms with Crippen molar-refractivity contribution in [3.63, 3.8) is 0 Å². The van der Waals surface area contributed by atoms with Gasteiger partial charge in [0.25, 0.3) is 10.0 Å². The molecule has 15 heavy (non-hydrogen) atoms. The molecule has 0 radical (unpaired) electrons. The first kappa shape index (κ1) is 11.8. The van der Waals surface area contributed by atoms with Crippen LogP contribution < -0.4 is 0 Å². The van der Waals surface area contributed by atoms with E-state index >= 15 is 0 Å². The molecule has 0 spiro atoms. The van der Waals surface area contributed by atoms with Crippen LogP contribution in [-0.2, 0) is 10.0 Å². The Hall–Kier alpha value is -1.30. The van der Waals surface area contributed by atoms with Gasteiger partial charge in [-0.05, 0) is 34.3 Å². The first-order valence-electron chi connectivity index (χ1n) is 3.78. The number of benzene rings is 1. The summed E-state index contributed by atoms with van der Waals surface area (Å²) < 4.78 is 25.2. The second-order valence-corrected chi connectivity index (χ2v) is 4.62. The first-order chi connectivity index (χ1) is 7.10. The van der Waals surface area contributed by atoms with Gasteiger partial charge < -0.3 is 0 Å². The molecule has 0 aliphatic rings. The van der Waals surface area contributed by atoms with Crippen LogP contribution in [0.3, 0.4) is 0 Å². The van der Waals surface area contributed by atoms with Crippen molar-refractivity contribution in [2.75, 3.05) is 0 Å². The molecule has 78 valence electrons. The highest BCUT2D eigenvalue weighted by Crippen LogP contribution is 2.14. The summed E-state index contributed by atoms with van der Waals surface area (Å²) >= 11 is 3.10. The molecule has 0 atom stereocenters. The number of halogens is 1. The highest BCUT2D eigenvalue weighted by Gasteiger charge is 2.10. The van der Waals surface area contributed by atoms with Gasteiger partial charge in [0, 0.05) is 9.43 Å². The van der Waals surface area contributed by atoms with Crippen LogP contribution in [0.1, 0.15) is 5.56 Å². The van der Waals surface area contributed by atoms with Crippen molar-refractivity contribution < 1.29 is 8.42 Å². The maximum atomic E-state index is 11.3. The third kappa shape index (κ3) is 3.09. The molecule has 0 heterocycles. The third-order valence-electron chi connectivity index (χ3n) is 1.58. The number of hydrogen-bond acceptors (Lipinski definition) is 2. The van der Waals surface area contributed by atoms with Crippen molar-refractivity contribution in [2.45, 2.75) is 4.90 Å². The second kappa shape index (κ2) is 4.97. The summed E-state index contributed by atoms with van der Waals surface area (Å²) in [5.41, 5.74) is 8.90. The fourth-order valence-corrected chi connectivity index (χ4v) is 1.89. The number of hydrogen-bond donors (Lipinski definition) is 0. The Morgan fingerprint density at radius 1 is 1.33 bits per heavy atom. The summed E-state index contributed by atoms with van der Waals surface area (Å²) in [5.74, 6) is 0. The average molecular weight is 288 g/mol. The summed E-state index contributed by atoms with van der Waals surface area (Å²) in [6.07, 6.45) is 1.75. The van der Waals surface area contributed by atoms with Crippen LogP contribution in [0.4, 0.5) is 0 Å². The lowest BCUT2D eigenvalue weighted by Crippen LogP contribution is -1.94. The van der Waals surface area contributed by atoms with E-state index in [1.807, 2.05) is 0 Å². The Bertz CT molecular complexity index is 515. The van der Waals surface area contributed by atoms with Gasteiger partial charge in [0.05, 0.1) is 4.90 Å².